The molecule has 29 heavy (non-hydrogen) atoms. The molecule has 0 aliphatic carbocycles. The topological polar surface area (TPSA) is 72.9 Å². The van der Waals surface area contributed by atoms with Gasteiger partial charge in [-0.05, 0) is 24.3 Å². The number of amides is 2. The highest BCUT2D eigenvalue weighted by Gasteiger charge is 2.19. The zero-order valence-electron chi connectivity index (χ0n) is 15.9. The van der Waals surface area contributed by atoms with Gasteiger partial charge in [0.25, 0.3) is 0 Å². The Balaban J connectivity index is 1.59. The first-order valence-corrected chi connectivity index (χ1v) is 9.50. The number of aromatic nitrogens is 1. The van der Waals surface area contributed by atoms with E-state index in [0.29, 0.717) is 35.3 Å². The van der Waals surface area contributed by atoms with E-state index in [2.05, 4.69) is 10.3 Å². The number of hydrogen-bond donors (Lipinski definition) is 1. The summed E-state index contributed by atoms with van der Waals surface area (Å²) in [4.78, 5) is 18.9. The van der Waals surface area contributed by atoms with E-state index in [9.17, 15) is 4.79 Å². The molecule has 2 heterocycles. The molecule has 8 heteroatoms. The summed E-state index contributed by atoms with van der Waals surface area (Å²) in [7, 11) is 1.60. The Labute approximate surface area is 173 Å². The predicted molar refractivity (Wildman–Crippen MR) is 111 cm³/mol. The largest absolute Gasteiger partial charge is 0.454 e. The van der Waals surface area contributed by atoms with Gasteiger partial charge in [0.05, 0.1) is 18.7 Å². The fourth-order valence-corrected chi connectivity index (χ4v) is 3.28. The maximum absolute atomic E-state index is 12.8. The van der Waals surface area contributed by atoms with Crippen molar-refractivity contribution in [3.63, 3.8) is 0 Å². The van der Waals surface area contributed by atoms with E-state index >= 15 is 0 Å². The van der Waals surface area contributed by atoms with Crippen LogP contribution in [0, 0.1) is 0 Å². The van der Waals surface area contributed by atoms with Gasteiger partial charge in [0.15, 0.2) is 11.5 Å². The maximum atomic E-state index is 12.8. The van der Waals surface area contributed by atoms with Crippen LogP contribution in [0.3, 0.4) is 0 Å². The summed E-state index contributed by atoms with van der Waals surface area (Å²) in [5.41, 5.74) is 2.16. The van der Waals surface area contributed by atoms with Gasteiger partial charge >= 0.3 is 6.03 Å². The SMILES string of the molecule is COCCN(Cc1cc2cc3c(cc2nc1Cl)OCO3)C(=O)Nc1ccccc1. The number of carbonyl (C=O) groups is 1. The van der Waals surface area contributed by atoms with E-state index in [1.165, 1.54) is 0 Å². The summed E-state index contributed by atoms with van der Waals surface area (Å²) in [5, 5.41) is 4.10. The van der Waals surface area contributed by atoms with Crippen molar-refractivity contribution in [2.45, 2.75) is 6.54 Å². The molecule has 4 rings (SSSR count). The van der Waals surface area contributed by atoms with Crippen LogP contribution in [0.4, 0.5) is 10.5 Å². The first-order chi connectivity index (χ1) is 14.1. The van der Waals surface area contributed by atoms with E-state index in [1.807, 2.05) is 42.5 Å². The third-order valence-electron chi connectivity index (χ3n) is 4.57. The molecule has 0 saturated heterocycles. The summed E-state index contributed by atoms with van der Waals surface area (Å²) in [5.74, 6) is 1.32. The smallest absolute Gasteiger partial charge is 0.322 e. The monoisotopic (exact) mass is 413 g/mol. The molecule has 0 spiro atoms. The molecule has 0 unspecified atom stereocenters. The fourth-order valence-electron chi connectivity index (χ4n) is 3.08. The number of anilines is 1. The second kappa shape index (κ2) is 8.55. The van der Waals surface area contributed by atoms with Crippen molar-refractivity contribution in [3.8, 4) is 11.5 Å². The minimum Gasteiger partial charge on any atom is -0.454 e. The first kappa shape index (κ1) is 19.3. The zero-order valence-corrected chi connectivity index (χ0v) is 16.6. The summed E-state index contributed by atoms with van der Waals surface area (Å²) in [6, 6.07) is 14.6. The average molecular weight is 414 g/mol. The third kappa shape index (κ3) is 4.36. The number of halogens is 1. The molecule has 0 fully saturated rings. The number of ether oxygens (including phenoxy) is 3. The molecule has 0 saturated carbocycles. The average Bonchev–Trinajstić information content (AvgIpc) is 3.17. The third-order valence-corrected chi connectivity index (χ3v) is 4.90. The predicted octanol–water partition coefficient (Wildman–Crippen LogP) is 4.30. The second-order valence-corrected chi connectivity index (χ2v) is 6.91. The first-order valence-electron chi connectivity index (χ1n) is 9.13. The quantitative estimate of drug-likeness (QED) is 0.610. The highest BCUT2D eigenvalue weighted by molar-refractivity contribution is 6.30. The zero-order chi connectivity index (χ0) is 20.2. The minimum atomic E-state index is -0.241. The lowest BCUT2D eigenvalue weighted by Crippen LogP contribution is -2.37. The van der Waals surface area contributed by atoms with Gasteiger partial charge in [0, 0.05) is 36.4 Å². The number of nitrogens with one attached hydrogen (secondary N) is 1. The van der Waals surface area contributed by atoms with Crippen LogP contribution in [0.15, 0.2) is 48.5 Å². The van der Waals surface area contributed by atoms with Gasteiger partial charge in [0.1, 0.15) is 5.15 Å². The normalized spacial score (nSPS) is 12.2. The van der Waals surface area contributed by atoms with Crippen LogP contribution in [-0.2, 0) is 11.3 Å². The molecule has 1 aromatic heterocycles. The van der Waals surface area contributed by atoms with Crippen molar-refractivity contribution in [3.05, 3.63) is 59.2 Å². The molecular formula is C21H20ClN3O4. The summed E-state index contributed by atoms with van der Waals surface area (Å²) in [6.07, 6.45) is 0. The molecule has 0 atom stereocenters. The van der Waals surface area contributed by atoms with Crippen LogP contribution in [0.2, 0.25) is 5.15 Å². The summed E-state index contributed by atoms with van der Waals surface area (Å²) < 4.78 is 16.0. The number of rotatable bonds is 6. The van der Waals surface area contributed by atoms with Gasteiger partial charge in [-0.2, -0.15) is 0 Å². The molecule has 0 bridgehead atoms. The van der Waals surface area contributed by atoms with Gasteiger partial charge in [-0.15, -0.1) is 0 Å². The van der Waals surface area contributed by atoms with Crippen LogP contribution >= 0.6 is 11.6 Å². The Bertz CT molecular complexity index is 1030. The number of para-hydroxylation sites is 1. The number of carbonyl (C=O) groups excluding carboxylic acids is 1. The second-order valence-electron chi connectivity index (χ2n) is 6.55. The number of nitrogens with zero attached hydrogens (tertiary/aromatic N) is 2. The molecule has 1 aliphatic rings. The molecule has 7 nitrogen and oxygen atoms in total. The fraction of sp³-hybridized carbons (Fsp3) is 0.238. The van der Waals surface area contributed by atoms with Gasteiger partial charge < -0.3 is 24.4 Å². The molecule has 1 aliphatic heterocycles. The summed E-state index contributed by atoms with van der Waals surface area (Å²) >= 11 is 6.42. The minimum absolute atomic E-state index is 0.191. The lowest BCUT2D eigenvalue weighted by molar-refractivity contribution is 0.153. The van der Waals surface area contributed by atoms with E-state index in [-0.39, 0.29) is 19.4 Å². The van der Waals surface area contributed by atoms with Crippen LogP contribution in [0.5, 0.6) is 11.5 Å². The lowest BCUT2D eigenvalue weighted by atomic mass is 10.1. The molecule has 1 N–H and O–H groups in total. The Morgan fingerprint density at radius 1 is 1.21 bits per heavy atom. The standard InChI is InChI=1S/C21H20ClN3O4/c1-27-8-7-25(21(26)23-16-5-3-2-4-6-16)12-15-9-14-10-18-19(29-13-28-18)11-17(14)24-20(15)22/h2-6,9-11H,7-8,12-13H2,1H3,(H,23,26). The van der Waals surface area contributed by atoms with Crippen LogP contribution in [-0.4, -0.2) is 43.0 Å². The van der Waals surface area contributed by atoms with Crippen molar-refractivity contribution in [1.29, 1.82) is 0 Å². The van der Waals surface area contributed by atoms with E-state index in [0.717, 1.165) is 16.6 Å². The van der Waals surface area contributed by atoms with Crippen LogP contribution in [0.25, 0.3) is 10.9 Å². The Hall–Kier alpha value is -3.03. The number of urea groups is 1. The van der Waals surface area contributed by atoms with Crippen molar-refractivity contribution in [2.24, 2.45) is 0 Å². The molecule has 3 aromatic rings. The number of fused-ring (bicyclic) bond motifs is 2. The van der Waals surface area contributed by atoms with Crippen molar-refractivity contribution >= 4 is 34.2 Å². The molecular weight excluding hydrogens is 394 g/mol. The summed E-state index contributed by atoms with van der Waals surface area (Å²) in [6.45, 7) is 1.29. The van der Waals surface area contributed by atoms with Crippen LogP contribution in [0.1, 0.15) is 5.56 Å². The number of benzene rings is 2. The van der Waals surface area contributed by atoms with E-state index in [1.54, 1.807) is 18.1 Å². The van der Waals surface area contributed by atoms with E-state index < -0.39 is 0 Å². The Morgan fingerprint density at radius 3 is 2.72 bits per heavy atom. The van der Waals surface area contributed by atoms with Crippen molar-refractivity contribution < 1.29 is 19.0 Å². The Kier molecular flexibility index (Phi) is 5.69. The van der Waals surface area contributed by atoms with Gasteiger partial charge in [0.2, 0.25) is 6.79 Å². The van der Waals surface area contributed by atoms with E-state index in [4.69, 9.17) is 25.8 Å². The number of methoxy groups -OCH3 is 1. The number of hydrogen-bond acceptors (Lipinski definition) is 5. The highest BCUT2D eigenvalue weighted by atomic mass is 35.5. The van der Waals surface area contributed by atoms with Gasteiger partial charge in [-0.25, -0.2) is 9.78 Å². The van der Waals surface area contributed by atoms with Crippen molar-refractivity contribution in [2.75, 3.05) is 32.4 Å². The molecule has 150 valence electrons. The highest BCUT2D eigenvalue weighted by Crippen LogP contribution is 2.36. The van der Waals surface area contributed by atoms with Crippen molar-refractivity contribution in [1.82, 2.24) is 9.88 Å². The number of pyridine rings is 1. The molecule has 0 radical (unpaired) electrons. The van der Waals surface area contributed by atoms with Gasteiger partial charge in [-0.3, -0.25) is 0 Å². The van der Waals surface area contributed by atoms with Crippen LogP contribution < -0.4 is 14.8 Å². The molecule has 2 amide bonds. The maximum Gasteiger partial charge on any atom is 0.322 e. The lowest BCUT2D eigenvalue weighted by Gasteiger charge is -2.23. The Morgan fingerprint density at radius 2 is 1.97 bits per heavy atom. The van der Waals surface area contributed by atoms with Gasteiger partial charge in [-0.1, -0.05) is 29.8 Å². The molecule has 2 aromatic carbocycles.